The van der Waals surface area contributed by atoms with Gasteiger partial charge in [0.25, 0.3) is 0 Å². The summed E-state index contributed by atoms with van der Waals surface area (Å²) in [5.74, 6) is 0.225. The summed E-state index contributed by atoms with van der Waals surface area (Å²) in [4.78, 5) is 14.0. The summed E-state index contributed by atoms with van der Waals surface area (Å²) in [6.07, 6.45) is -1.96. The van der Waals surface area contributed by atoms with E-state index in [9.17, 15) is 26.4 Å². The number of nitrogens with zero attached hydrogens (tertiary/aromatic N) is 1. The largest absolute Gasteiger partial charge is 0.416 e. The minimum atomic E-state index is -4.43. The molecule has 2 fully saturated rings. The van der Waals surface area contributed by atoms with Crippen molar-refractivity contribution in [1.29, 1.82) is 0 Å². The molecule has 2 bridgehead atoms. The number of alkyl halides is 3. The molecule has 25 heavy (non-hydrogen) atoms. The summed E-state index contributed by atoms with van der Waals surface area (Å²) in [7, 11) is -3.37. The number of likely N-dealkylation sites (tertiary alicyclic amines) is 1. The van der Waals surface area contributed by atoms with E-state index in [-0.39, 0.29) is 23.7 Å². The van der Waals surface area contributed by atoms with Crippen molar-refractivity contribution in [2.75, 3.05) is 18.1 Å². The topological polar surface area (TPSA) is 78.5 Å². The molecular formula is C15H18F3N3O3S. The highest BCUT2D eigenvalue weighted by molar-refractivity contribution is 7.88. The number of hydrogen-bond acceptors (Lipinski definition) is 3. The van der Waals surface area contributed by atoms with Crippen molar-refractivity contribution in [3.05, 3.63) is 29.8 Å². The predicted octanol–water partition coefficient (Wildman–Crippen LogP) is 2.25. The standard InChI is InChI=1S/C15H18F3N3O3S/c1-25(23,24)20-12-6-9-7-13(12)21(8-9)14(22)19-11-4-2-10(3-5-11)15(16,17)18/h2-5,9,12-13,20H,6-8H2,1H3,(H,19,22)/t9-,12+,13-/m1/s1. The van der Waals surface area contributed by atoms with E-state index in [2.05, 4.69) is 10.0 Å². The highest BCUT2D eigenvalue weighted by atomic mass is 32.2. The maximum atomic E-state index is 12.6. The van der Waals surface area contributed by atoms with Gasteiger partial charge in [-0.15, -0.1) is 0 Å². The van der Waals surface area contributed by atoms with Crippen LogP contribution < -0.4 is 10.0 Å². The van der Waals surface area contributed by atoms with Crippen LogP contribution in [0.4, 0.5) is 23.7 Å². The lowest BCUT2D eigenvalue weighted by Crippen LogP contribution is -2.52. The van der Waals surface area contributed by atoms with E-state index in [0.29, 0.717) is 19.4 Å². The molecular weight excluding hydrogens is 359 g/mol. The smallest absolute Gasteiger partial charge is 0.320 e. The van der Waals surface area contributed by atoms with Crippen LogP contribution in [0.15, 0.2) is 24.3 Å². The summed E-state index contributed by atoms with van der Waals surface area (Å²) in [6.45, 7) is 0.513. The number of halogens is 3. The number of benzene rings is 1. The molecule has 1 saturated carbocycles. The molecule has 138 valence electrons. The van der Waals surface area contributed by atoms with Gasteiger partial charge in [-0.2, -0.15) is 13.2 Å². The minimum absolute atomic E-state index is 0.225. The van der Waals surface area contributed by atoms with E-state index in [1.54, 1.807) is 4.90 Å². The SMILES string of the molecule is CS(=O)(=O)N[C@H]1C[C@@H]2C[C@H]1N(C(=O)Nc1ccc(C(F)(F)F)cc1)C2. The molecule has 2 N–H and O–H groups in total. The highest BCUT2D eigenvalue weighted by Crippen LogP contribution is 2.38. The first-order valence-electron chi connectivity index (χ1n) is 7.75. The van der Waals surface area contributed by atoms with Gasteiger partial charge in [-0.05, 0) is 43.0 Å². The third-order valence-corrected chi connectivity index (χ3v) is 5.30. The van der Waals surface area contributed by atoms with Gasteiger partial charge in [0.1, 0.15) is 0 Å². The fourth-order valence-electron chi connectivity index (χ4n) is 3.60. The lowest BCUT2D eigenvalue weighted by Gasteiger charge is -2.33. The Bertz CT molecular complexity index is 764. The molecule has 0 radical (unpaired) electrons. The molecule has 1 aliphatic carbocycles. The molecule has 0 aromatic heterocycles. The van der Waals surface area contributed by atoms with Crippen LogP contribution in [0.1, 0.15) is 18.4 Å². The van der Waals surface area contributed by atoms with Gasteiger partial charge in [0, 0.05) is 18.3 Å². The zero-order chi connectivity index (χ0) is 18.4. The van der Waals surface area contributed by atoms with Crippen molar-refractivity contribution in [2.45, 2.75) is 31.1 Å². The minimum Gasteiger partial charge on any atom is -0.320 e. The van der Waals surface area contributed by atoms with Crippen LogP contribution in [-0.2, 0) is 16.2 Å². The second-order valence-corrected chi connectivity index (χ2v) is 8.34. The van der Waals surface area contributed by atoms with Crippen LogP contribution >= 0.6 is 0 Å². The number of hydrogen-bond donors (Lipinski definition) is 2. The average molecular weight is 377 g/mol. The van der Waals surface area contributed by atoms with Crippen molar-refractivity contribution >= 4 is 21.7 Å². The summed E-state index contributed by atoms with van der Waals surface area (Å²) < 4.78 is 63.1. The summed E-state index contributed by atoms with van der Waals surface area (Å²) in [5.41, 5.74) is -0.531. The Kier molecular flexibility index (Phi) is 4.44. The van der Waals surface area contributed by atoms with Gasteiger partial charge in [0.2, 0.25) is 10.0 Å². The Morgan fingerprint density at radius 3 is 2.36 bits per heavy atom. The third-order valence-electron chi connectivity index (χ3n) is 4.57. The van der Waals surface area contributed by atoms with E-state index in [1.807, 2.05) is 0 Å². The van der Waals surface area contributed by atoms with Gasteiger partial charge in [0.15, 0.2) is 0 Å². The number of urea groups is 1. The van der Waals surface area contributed by atoms with E-state index in [4.69, 9.17) is 0 Å². The predicted molar refractivity (Wildman–Crippen MR) is 85.4 cm³/mol. The maximum Gasteiger partial charge on any atom is 0.416 e. The molecule has 2 amide bonds. The first-order chi connectivity index (χ1) is 11.5. The zero-order valence-electron chi connectivity index (χ0n) is 13.4. The first kappa shape index (κ1) is 18.0. The average Bonchev–Trinajstić information content (AvgIpc) is 3.05. The van der Waals surface area contributed by atoms with E-state index < -0.39 is 27.8 Å². The fraction of sp³-hybridized carbons (Fsp3) is 0.533. The third kappa shape index (κ3) is 4.06. The summed E-state index contributed by atoms with van der Waals surface area (Å²) >= 11 is 0. The molecule has 3 atom stereocenters. The van der Waals surface area contributed by atoms with E-state index in [1.165, 1.54) is 12.1 Å². The number of rotatable bonds is 3. The Labute approximate surface area is 143 Å². The number of amides is 2. The normalized spacial score (nSPS) is 26.1. The second kappa shape index (κ2) is 6.17. The van der Waals surface area contributed by atoms with E-state index >= 15 is 0 Å². The second-order valence-electron chi connectivity index (χ2n) is 6.56. The number of fused-ring (bicyclic) bond motifs is 2. The van der Waals surface area contributed by atoms with Gasteiger partial charge < -0.3 is 10.2 Å². The molecule has 1 saturated heterocycles. The Balaban J connectivity index is 1.66. The monoisotopic (exact) mass is 377 g/mol. The molecule has 1 aliphatic heterocycles. The molecule has 0 unspecified atom stereocenters. The number of carbonyl (C=O) groups is 1. The number of piperidine rings is 1. The van der Waals surface area contributed by atoms with Crippen LogP contribution in [0.2, 0.25) is 0 Å². The Morgan fingerprint density at radius 1 is 1.20 bits per heavy atom. The highest BCUT2D eigenvalue weighted by Gasteiger charge is 2.47. The van der Waals surface area contributed by atoms with Crippen LogP contribution in [-0.4, -0.2) is 44.2 Å². The summed E-state index contributed by atoms with van der Waals surface area (Å²) in [5, 5.41) is 2.57. The van der Waals surface area contributed by atoms with Crippen LogP contribution in [0.25, 0.3) is 0 Å². The molecule has 1 heterocycles. The number of anilines is 1. The molecule has 10 heteroatoms. The fourth-order valence-corrected chi connectivity index (χ4v) is 4.40. The van der Waals surface area contributed by atoms with Gasteiger partial charge in [-0.1, -0.05) is 0 Å². The Hall–Kier alpha value is -1.81. The lowest BCUT2D eigenvalue weighted by atomic mass is 10.1. The molecule has 0 spiro atoms. The number of sulfonamides is 1. The molecule has 3 rings (SSSR count). The van der Waals surface area contributed by atoms with Gasteiger partial charge in [0.05, 0.1) is 17.9 Å². The number of nitrogens with one attached hydrogen (secondary N) is 2. The molecule has 6 nitrogen and oxygen atoms in total. The summed E-state index contributed by atoms with van der Waals surface area (Å²) in [6, 6.07) is 3.19. The van der Waals surface area contributed by atoms with Gasteiger partial charge >= 0.3 is 12.2 Å². The van der Waals surface area contributed by atoms with Crippen LogP contribution in [0, 0.1) is 5.92 Å². The molecule has 1 aromatic rings. The van der Waals surface area contributed by atoms with Gasteiger partial charge in [-0.3, -0.25) is 0 Å². The molecule has 2 aliphatic rings. The molecule has 1 aromatic carbocycles. The van der Waals surface area contributed by atoms with Crippen LogP contribution in [0.3, 0.4) is 0 Å². The van der Waals surface area contributed by atoms with Crippen molar-refractivity contribution < 1.29 is 26.4 Å². The zero-order valence-corrected chi connectivity index (χ0v) is 14.2. The quantitative estimate of drug-likeness (QED) is 0.848. The lowest BCUT2D eigenvalue weighted by molar-refractivity contribution is -0.137. The van der Waals surface area contributed by atoms with Crippen LogP contribution in [0.5, 0.6) is 0 Å². The van der Waals surface area contributed by atoms with Crippen molar-refractivity contribution in [3.63, 3.8) is 0 Å². The first-order valence-corrected chi connectivity index (χ1v) is 9.64. The van der Waals surface area contributed by atoms with Crippen molar-refractivity contribution in [1.82, 2.24) is 9.62 Å². The van der Waals surface area contributed by atoms with Crippen molar-refractivity contribution in [2.24, 2.45) is 5.92 Å². The Morgan fingerprint density at radius 2 is 1.84 bits per heavy atom. The van der Waals surface area contributed by atoms with Gasteiger partial charge in [-0.25, -0.2) is 17.9 Å². The maximum absolute atomic E-state index is 12.6. The van der Waals surface area contributed by atoms with Crippen molar-refractivity contribution in [3.8, 4) is 0 Å². The number of carbonyl (C=O) groups excluding carboxylic acids is 1. The van der Waals surface area contributed by atoms with E-state index in [0.717, 1.165) is 18.4 Å².